The number of anilines is 3. The van der Waals surface area contributed by atoms with E-state index < -0.39 is 30.2 Å². The number of nitrogens with zero attached hydrogens (tertiary/aromatic N) is 1. The fourth-order valence-electron chi connectivity index (χ4n) is 7.33. The van der Waals surface area contributed by atoms with Crippen molar-refractivity contribution in [1.29, 1.82) is 0 Å². The zero-order valence-electron chi connectivity index (χ0n) is 36.0. The zero-order valence-corrected chi connectivity index (χ0v) is 29.0. The molecule has 0 aliphatic rings. The van der Waals surface area contributed by atoms with Gasteiger partial charge in [-0.05, 0) is 92.2 Å². The minimum Gasteiger partial charge on any atom is -0.455 e. The molecule has 0 N–H and O–H groups in total. The number of para-hydroxylation sites is 2. The van der Waals surface area contributed by atoms with E-state index in [4.69, 9.17) is 14.0 Å². The first-order chi connectivity index (χ1) is 29.7. The highest BCUT2D eigenvalue weighted by molar-refractivity contribution is 6.09. The van der Waals surface area contributed by atoms with Gasteiger partial charge in [-0.1, -0.05) is 170 Å². The molecule has 0 unspecified atom stereocenters. The molecule has 0 aliphatic carbocycles. The quantitative estimate of drug-likeness (QED) is 0.165. The summed E-state index contributed by atoms with van der Waals surface area (Å²) in [6.45, 7) is 0. The lowest BCUT2D eigenvalue weighted by Crippen LogP contribution is -2.10. The van der Waals surface area contributed by atoms with Gasteiger partial charge in [-0.3, -0.25) is 0 Å². The molecule has 254 valence electrons. The van der Waals surface area contributed by atoms with Gasteiger partial charge >= 0.3 is 0 Å². The second kappa shape index (κ2) is 13.4. The number of benzene rings is 9. The molecule has 54 heavy (non-hydrogen) atoms. The molecule has 0 aliphatic heterocycles. The standard InChI is InChI=1S/C52H35NO/c1-2-11-36(12-3-1)37-23-25-38(26-24-37)39-27-31-43(32-28-39)53(45-16-8-15-42(35-45)47-19-9-14-40-13-4-5-17-46(40)47)44-33-29-41(30-34-44)48-20-10-21-50-49-18-6-7-22-51(49)54-52(48)50/h1-35H/i4D,5D,9D,13D,14D,17D,19D. The van der Waals surface area contributed by atoms with Crippen molar-refractivity contribution in [2.24, 2.45) is 0 Å². The van der Waals surface area contributed by atoms with Crippen molar-refractivity contribution in [2.75, 3.05) is 4.90 Å². The van der Waals surface area contributed by atoms with Gasteiger partial charge in [-0.15, -0.1) is 0 Å². The van der Waals surface area contributed by atoms with Crippen molar-refractivity contribution in [3.8, 4) is 44.5 Å². The fourth-order valence-corrected chi connectivity index (χ4v) is 7.33. The predicted octanol–water partition coefficient (Wildman–Crippen LogP) is 14.9. The van der Waals surface area contributed by atoms with E-state index in [2.05, 4.69) is 108 Å². The van der Waals surface area contributed by atoms with Crippen LogP contribution in [0, 0.1) is 0 Å². The lowest BCUT2D eigenvalue weighted by molar-refractivity contribution is 0.670. The molecule has 0 saturated heterocycles. The zero-order chi connectivity index (χ0) is 41.9. The molecular formula is C52H35NO. The SMILES string of the molecule is [2H]c1c([2H])c([2H])c2c(-c3cccc(N(c4ccc(-c5ccc(-c6ccccc6)cc5)cc4)c4ccc(-c5cccc6c5oc5ccccc56)cc4)c3)c([2H])c([2H])c([2H])c2c1[2H]. The summed E-state index contributed by atoms with van der Waals surface area (Å²) in [5.41, 5.74) is 11.1. The third-order valence-corrected chi connectivity index (χ3v) is 10.00. The van der Waals surface area contributed by atoms with E-state index in [1.54, 1.807) is 6.07 Å². The molecule has 1 aromatic heterocycles. The minimum absolute atomic E-state index is 0.0486. The van der Waals surface area contributed by atoms with Crippen LogP contribution in [0.2, 0.25) is 0 Å². The van der Waals surface area contributed by atoms with Gasteiger partial charge in [-0.25, -0.2) is 0 Å². The van der Waals surface area contributed by atoms with E-state index in [0.29, 0.717) is 5.56 Å². The van der Waals surface area contributed by atoms with Gasteiger partial charge in [0, 0.05) is 33.4 Å². The van der Waals surface area contributed by atoms with Crippen molar-refractivity contribution < 1.29 is 14.0 Å². The monoisotopic (exact) mass is 696 g/mol. The van der Waals surface area contributed by atoms with Crippen LogP contribution in [0.5, 0.6) is 0 Å². The average Bonchev–Trinajstić information content (AvgIpc) is 3.69. The van der Waals surface area contributed by atoms with E-state index >= 15 is 0 Å². The van der Waals surface area contributed by atoms with Crippen LogP contribution >= 0.6 is 0 Å². The van der Waals surface area contributed by atoms with Crippen LogP contribution in [-0.4, -0.2) is 0 Å². The van der Waals surface area contributed by atoms with E-state index in [0.717, 1.165) is 72.4 Å². The Labute approximate surface area is 324 Å². The summed E-state index contributed by atoms with van der Waals surface area (Å²) in [7, 11) is 0. The second-order valence-electron chi connectivity index (χ2n) is 13.2. The van der Waals surface area contributed by atoms with E-state index in [-0.39, 0.29) is 28.4 Å². The number of hydrogen-bond donors (Lipinski definition) is 0. The Kier molecular flexibility index (Phi) is 6.20. The second-order valence-corrected chi connectivity index (χ2v) is 13.2. The third kappa shape index (κ3) is 5.71. The lowest BCUT2D eigenvalue weighted by Gasteiger charge is -2.26. The lowest BCUT2D eigenvalue weighted by atomic mass is 9.97. The van der Waals surface area contributed by atoms with Crippen LogP contribution in [-0.2, 0) is 0 Å². The summed E-state index contributed by atoms with van der Waals surface area (Å²) in [4.78, 5) is 2.10. The maximum Gasteiger partial charge on any atom is 0.143 e. The van der Waals surface area contributed by atoms with Crippen molar-refractivity contribution in [3.05, 3.63) is 212 Å². The number of hydrogen-bond acceptors (Lipinski definition) is 2. The Morgan fingerprint density at radius 3 is 1.70 bits per heavy atom. The predicted molar refractivity (Wildman–Crippen MR) is 228 cm³/mol. The maximum absolute atomic E-state index is 9.04. The van der Waals surface area contributed by atoms with Gasteiger partial charge in [0.05, 0.1) is 9.60 Å². The van der Waals surface area contributed by atoms with Gasteiger partial charge in [-0.2, -0.15) is 0 Å². The van der Waals surface area contributed by atoms with Crippen LogP contribution in [0.15, 0.2) is 217 Å². The summed E-state index contributed by atoms with van der Waals surface area (Å²) in [6.07, 6.45) is 0. The minimum atomic E-state index is -0.482. The van der Waals surface area contributed by atoms with Gasteiger partial charge in [0.15, 0.2) is 0 Å². The van der Waals surface area contributed by atoms with Gasteiger partial charge < -0.3 is 9.32 Å². The summed E-state index contributed by atoms with van der Waals surface area (Å²) in [5.74, 6) is 0. The molecule has 0 fully saturated rings. The molecular weight excluding hydrogens is 655 g/mol. The molecule has 0 amide bonds. The van der Waals surface area contributed by atoms with Crippen molar-refractivity contribution in [3.63, 3.8) is 0 Å². The smallest absolute Gasteiger partial charge is 0.143 e. The molecule has 2 heteroatoms. The van der Waals surface area contributed by atoms with E-state index in [1.807, 2.05) is 60.7 Å². The van der Waals surface area contributed by atoms with Gasteiger partial charge in [0.25, 0.3) is 0 Å². The molecule has 10 rings (SSSR count). The maximum atomic E-state index is 9.04. The molecule has 2 nitrogen and oxygen atoms in total. The molecule has 0 saturated carbocycles. The highest BCUT2D eigenvalue weighted by Gasteiger charge is 2.17. The molecule has 0 bridgehead atoms. The summed E-state index contributed by atoms with van der Waals surface area (Å²) in [5, 5.41) is 2.08. The fraction of sp³-hybridized carbons (Fsp3) is 0. The number of fused-ring (bicyclic) bond motifs is 4. The van der Waals surface area contributed by atoms with Crippen LogP contribution < -0.4 is 4.90 Å². The van der Waals surface area contributed by atoms with Crippen molar-refractivity contribution >= 4 is 49.8 Å². The van der Waals surface area contributed by atoms with Crippen LogP contribution in [0.1, 0.15) is 9.60 Å². The molecule has 1 heterocycles. The largest absolute Gasteiger partial charge is 0.455 e. The summed E-state index contributed by atoms with van der Waals surface area (Å²) >= 11 is 0. The third-order valence-electron chi connectivity index (χ3n) is 10.00. The van der Waals surface area contributed by atoms with Crippen molar-refractivity contribution in [1.82, 2.24) is 0 Å². The van der Waals surface area contributed by atoms with Gasteiger partial charge in [0.1, 0.15) is 11.2 Å². The first kappa shape index (κ1) is 24.9. The molecule has 0 atom stereocenters. The summed E-state index contributed by atoms with van der Waals surface area (Å²) < 4.78 is 67.0. The molecule has 10 aromatic rings. The molecule has 0 radical (unpaired) electrons. The Hall–Kier alpha value is -7.16. The van der Waals surface area contributed by atoms with Crippen molar-refractivity contribution in [2.45, 2.75) is 0 Å². The van der Waals surface area contributed by atoms with Crippen LogP contribution in [0.3, 0.4) is 0 Å². The van der Waals surface area contributed by atoms with Crippen LogP contribution in [0.4, 0.5) is 17.1 Å². The number of furan rings is 1. The highest BCUT2D eigenvalue weighted by atomic mass is 16.3. The Bertz CT molecular complexity index is 3300. The van der Waals surface area contributed by atoms with E-state index in [1.165, 1.54) is 0 Å². The first-order valence-corrected chi connectivity index (χ1v) is 17.8. The van der Waals surface area contributed by atoms with Gasteiger partial charge in [0.2, 0.25) is 0 Å². The Morgan fingerprint density at radius 2 is 0.944 bits per heavy atom. The summed E-state index contributed by atoms with van der Waals surface area (Å²) in [6, 6.07) is 54.2. The molecule has 0 spiro atoms. The van der Waals surface area contributed by atoms with Crippen LogP contribution in [0.25, 0.3) is 77.2 Å². The Balaban J connectivity index is 1.10. The first-order valence-electron chi connectivity index (χ1n) is 21.3. The topological polar surface area (TPSA) is 16.4 Å². The molecule has 9 aromatic carbocycles. The Morgan fingerprint density at radius 1 is 0.370 bits per heavy atom. The highest BCUT2D eigenvalue weighted by Crippen LogP contribution is 2.41. The average molecular weight is 697 g/mol. The normalized spacial score (nSPS) is 13.1. The van der Waals surface area contributed by atoms with E-state index in [9.17, 15) is 0 Å². The number of rotatable bonds is 7.